The van der Waals surface area contributed by atoms with Crippen molar-refractivity contribution in [3.8, 4) is 0 Å². The van der Waals surface area contributed by atoms with E-state index >= 15 is 0 Å². The first-order valence-electron chi connectivity index (χ1n) is 6.18. The average Bonchev–Trinajstić information content (AvgIpc) is 2.33. The maximum atomic E-state index is 11.9. The van der Waals surface area contributed by atoms with E-state index in [-0.39, 0.29) is 12.1 Å². The van der Waals surface area contributed by atoms with Gasteiger partial charge in [-0.1, -0.05) is 18.5 Å². The number of aryl methyl sites for hydroxylation is 2. The number of nitrogens with one attached hydrogen (secondary N) is 2. The van der Waals surface area contributed by atoms with Gasteiger partial charge in [0.15, 0.2) is 5.15 Å². The molecule has 1 atom stereocenters. The van der Waals surface area contributed by atoms with E-state index in [1.54, 1.807) is 7.11 Å². The molecule has 0 saturated carbocycles. The van der Waals surface area contributed by atoms with Crippen LogP contribution < -0.4 is 10.6 Å². The van der Waals surface area contributed by atoms with Crippen molar-refractivity contribution in [3.05, 3.63) is 22.5 Å². The van der Waals surface area contributed by atoms with Crippen LogP contribution in [0, 0.1) is 13.8 Å². The number of carbonyl (C=O) groups is 1. The van der Waals surface area contributed by atoms with E-state index in [1.165, 1.54) is 0 Å². The molecule has 0 radical (unpaired) electrons. The van der Waals surface area contributed by atoms with Crippen molar-refractivity contribution in [2.75, 3.05) is 19.0 Å². The average molecular weight is 286 g/mol. The van der Waals surface area contributed by atoms with Crippen molar-refractivity contribution < 1.29 is 9.53 Å². The number of methoxy groups -OCH3 is 1. The van der Waals surface area contributed by atoms with Crippen LogP contribution in [0.2, 0.25) is 5.15 Å². The fraction of sp³-hybridized carbons (Fsp3) is 0.538. The molecule has 1 aromatic heterocycles. The molecule has 0 aliphatic heterocycles. The van der Waals surface area contributed by atoms with E-state index < -0.39 is 0 Å². The molecule has 1 rings (SSSR count). The molecule has 0 aromatic carbocycles. The Morgan fingerprint density at radius 3 is 2.74 bits per heavy atom. The minimum Gasteiger partial charge on any atom is -0.383 e. The van der Waals surface area contributed by atoms with E-state index in [2.05, 4.69) is 15.6 Å². The second-order valence-corrected chi connectivity index (χ2v) is 4.76. The number of pyridine rings is 1. The molecule has 0 aliphatic carbocycles. The van der Waals surface area contributed by atoms with Gasteiger partial charge in [0.1, 0.15) is 0 Å². The minimum atomic E-state index is -0.306. The van der Waals surface area contributed by atoms with Gasteiger partial charge >= 0.3 is 6.03 Å². The quantitative estimate of drug-likeness (QED) is 0.818. The zero-order chi connectivity index (χ0) is 14.4. The summed E-state index contributed by atoms with van der Waals surface area (Å²) in [5, 5.41) is 5.85. The third-order valence-electron chi connectivity index (χ3n) is 2.73. The molecule has 106 valence electrons. The second-order valence-electron chi connectivity index (χ2n) is 4.41. The lowest BCUT2D eigenvalue weighted by Gasteiger charge is -2.17. The third kappa shape index (κ3) is 4.69. The number of aromatic nitrogens is 1. The summed E-state index contributed by atoms with van der Waals surface area (Å²) in [6, 6.07) is 1.54. The first kappa shape index (κ1) is 15.7. The zero-order valence-corrected chi connectivity index (χ0v) is 12.5. The van der Waals surface area contributed by atoms with Crippen molar-refractivity contribution in [2.24, 2.45) is 0 Å². The van der Waals surface area contributed by atoms with E-state index in [0.29, 0.717) is 17.4 Å². The highest BCUT2D eigenvalue weighted by atomic mass is 35.5. The first-order chi connectivity index (χ1) is 8.97. The predicted octanol–water partition coefficient (Wildman–Crippen LogP) is 2.90. The van der Waals surface area contributed by atoms with Crippen LogP contribution in [0.25, 0.3) is 0 Å². The zero-order valence-electron chi connectivity index (χ0n) is 11.7. The number of anilines is 1. The smallest absolute Gasteiger partial charge is 0.319 e. The Balaban J connectivity index is 2.72. The number of hydrogen-bond acceptors (Lipinski definition) is 3. The van der Waals surface area contributed by atoms with Gasteiger partial charge in [-0.2, -0.15) is 0 Å². The van der Waals surface area contributed by atoms with Gasteiger partial charge in [-0.25, -0.2) is 9.78 Å². The first-order valence-corrected chi connectivity index (χ1v) is 6.55. The molecule has 6 heteroatoms. The molecule has 1 heterocycles. The van der Waals surface area contributed by atoms with Crippen LogP contribution in [0.5, 0.6) is 0 Å². The maximum absolute atomic E-state index is 11.9. The minimum absolute atomic E-state index is 0.0255. The summed E-state index contributed by atoms with van der Waals surface area (Å²) >= 11 is 6.03. The van der Waals surface area contributed by atoms with Crippen molar-refractivity contribution in [1.82, 2.24) is 10.3 Å². The summed E-state index contributed by atoms with van der Waals surface area (Å²) in [4.78, 5) is 16.0. The molecule has 0 bridgehead atoms. The lowest BCUT2D eigenvalue weighted by Crippen LogP contribution is -2.40. The van der Waals surface area contributed by atoms with Crippen LogP contribution in [0.3, 0.4) is 0 Å². The Morgan fingerprint density at radius 1 is 1.53 bits per heavy atom. The van der Waals surface area contributed by atoms with Crippen molar-refractivity contribution in [3.63, 3.8) is 0 Å². The van der Waals surface area contributed by atoms with Crippen LogP contribution in [-0.2, 0) is 4.74 Å². The molecule has 5 nitrogen and oxygen atoms in total. The Hall–Kier alpha value is -1.33. The Labute approximate surface area is 118 Å². The third-order valence-corrected chi connectivity index (χ3v) is 3.01. The number of hydrogen-bond donors (Lipinski definition) is 2. The summed E-state index contributed by atoms with van der Waals surface area (Å²) in [5.41, 5.74) is 2.24. The van der Waals surface area contributed by atoms with Crippen molar-refractivity contribution in [1.29, 1.82) is 0 Å². The molecular weight excluding hydrogens is 266 g/mol. The van der Waals surface area contributed by atoms with Gasteiger partial charge in [0.05, 0.1) is 18.3 Å². The van der Waals surface area contributed by atoms with Gasteiger partial charge in [-0.3, -0.25) is 0 Å². The number of urea groups is 1. The highest BCUT2D eigenvalue weighted by molar-refractivity contribution is 6.32. The summed E-state index contributed by atoms with van der Waals surface area (Å²) in [6.07, 6.45) is 0.792. The van der Waals surface area contributed by atoms with Crippen LogP contribution >= 0.6 is 11.6 Å². The number of ether oxygens (including phenoxy) is 1. The van der Waals surface area contributed by atoms with Crippen LogP contribution in [0.15, 0.2) is 6.07 Å². The number of halogens is 1. The van der Waals surface area contributed by atoms with Gasteiger partial charge in [-0.15, -0.1) is 0 Å². The number of rotatable bonds is 5. The molecule has 2 N–H and O–H groups in total. The van der Waals surface area contributed by atoms with Gasteiger partial charge in [0.2, 0.25) is 0 Å². The lowest BCUT2D eigenvalue weighted by molar-refractivity contribution is 0.165. The molecule has 2 amide bonds. The normalized spacial score (nSPS) is 12.1. The van der Waals surface area contributed by atoms with Crippen molar-refractivity contribution in [2.45, 2.75) is 33.2 Å². The number of carbonyl (C=O) groups excluding carboxylic acids is 1. The number of amides is 2. The summed E-state index contributed by atoms with van der Waals surface area (Å²) in [5.74, 6) is 0. The molecule has 0 saturated heterocycles. The molecule has 1 aromatic rings. The van der Waals surface area contributed by atoms with Gasteiger partial charge < -0.3 is 15.4 Å². The van der Waals surface area contributed by atoms with E-state index in [1.807, 2.05) is 26.8 Å². The summed E-state index contributed by atoms with van der Waals surface area (Å²) in [7, 11) is 1.60. The fourth-order valence-electron chi connectivity index (χ4n) is 1.74. The largest absolute Gasteiger partial charge is 0.383 e. The second kappa shape index (κ2) is 7.31. The number of nitrogens with zero attached hydrogens (tertiary/aromatic N) is 1. The lowest BCUT2D eigenvalue weighted by atomic mass is 10.2. The summed E-state index contributed by atoms with van der Waals surface area (Å²) < 4.78 is 5.03. The highest BCUT2D eigenvalue weighted by Crippen LogP contribution is 2.24. The predicted molar refractivity (Wildman–Crippen MR) is 76.8 cm³/mol. The standard InChI is InChI=1S/C13H20ClN3O2/c1-5-10(7-19-4)16-13(18)17-11-8(2)6-9(3)15-12(11)14/h6,10H,5,7H2,1-4H3,(H2,16,17,18). The van der Waals surface area contributed by atoms with Crippen LogP contribution in [0.4, 0.5) is 10.5 Å². The molecule has 0 fully saturated rings. The van der Waals surface area contributed by atoms with Crippen LogP contribution in [-0.4, -0.2) is 30.8 Å². The molecule has 1 unspecified atom stereocenters. The molecule has 0 aliphatic rings. The molecule has 19 heavy (non-hydrogen) atoms. The van der Waals surface area contributed by atoms with E-state index in [9.17, 15) is 4.79 Å². The Kier molecular flexibility index (Phi) is 6.05. The monoisotopic (exact) mass is 285 g/mol. The maximum Gasteiger partial charge on any atom is 0.319 e. The molecule has 0 spiro atoms. The highest BCUT2D eigenvalue weighted by Gasteiger charge is 2.13. The Bertz CT molecular complexity index is 429. The Morgan fingerprint density at radius 2 is 2.21 bits per heavy atom. The molecular formula is C13H20ClN3O2. The summed E-state index contributed by atoms with van der Waals surface area (Å²) in [6.45, 7) is 6.19. The van der Waals surface area contributed by atoms with Gasteiger partial charge in [0, 0.05) is 12.8 Å². The van der Waals surface area contributed by atoms with E-state index in [0.717, 1.165) is 17.7 Å². The van der Waals surface area contributed by atoms with E-state index in [4.69, 9.17) is 16.3 Å². The van der Waals surface area contributed by atoms with Gasteiger partial charge in [-0.05, 0) is 31.9 Å². The van der Waals surface area contributed by atoms with Gasteiger partial charge in [0.25, 0.3) is 0 Å². The fourth-order valence-corrected chi connectivity index (χ4v) is 2.07. The van der Waals surface area contributed by atoms with Crippen molar-refractivity contribution >= 4 is 23.3 Å². The topological polar surface area (TPSA) is 63.2 Å². The van der Waals surface area contributed by atoms with Crippen LogP contribution in [0.1, 0.15) is 24.6 Å². The SMILES string of the molecule is CCC(COC)NC(=O)Nc1c(C)cc(C)nc1Cl.